The lowest BCUT2D eigenvalue weighted by molar-refractivity contribution is -0.141. The summed E-state index contributed by atoms with van der Waals surface area (Å²) in [6, 6.07) is -0.928. The van der Waals surface area contributed by atoms with Gasteiger partial charge in [-0.15, -0.1) is 0 Å². The van der Waals surface area contributed by atoms with Crippen LogP contribution in [-0.4, -0.2) is 52.0 Å². The Labute approximate surface area is 91.0 Å². The van der Waals surface area contributed by atoms with E-state index in [1.54, 1.807) is 0 Å². The summed E-state index contributed by atoms with van der Waals surface area (Å²) in [5, 5.41) is 10.7. The second-order valence-electron chi connectivity index (χ2n) is 3.16. The maximum Gasteiger partial charge on any atom is 0.325 e. The average molecular weight is 232 g/mol. The van der Waals surface area contributed by atoms with Gasteiger partial charge in [0, 0.05) is 12.3 Å². The van der Waals surface area contributed by atoms with Crippen molar-refractivity contribution in [1.29, 1.82) is 0 Å². The number of hydrogen-bond acceptors (Lipinski definition) is 4. The number of nitrogens with zero attached hydrogens (tertiary/aromatic N) is 1. The number of aliphatic carboxylic acids is 1. The van der Waals surface area contributed by atoms with Gasteiger partial charge in [0.15, 0.2) is 0 Å². The minimum Gasteiger partial charge on any atom is -0.480 e. The fourth-order valence-corrected chi connectivity index (χ4v) is 1.92. The number of rotatable bonds is 4. The van der Waals surface area contributed by atoms with Crippen molar-refractivity contribution in [1.82, 2.24) is 10.2 Å². The number of amides is 2. The SMILES string of the molecule is CC(NC(=O)CN1CCSC1=O)C(=O)O. The van der Waals surface area contributed by atoms with Gasteiger partial charge in [-0.25, -0.2) is 0 Å². The molecule has 1 rings (SSSR count). The zero-order valence-corrected chi connectivity index (χ0v) is 9.04. The van der Waals surface area contributed by atoms with E-state index < -0.39 is 17.9 Å². The molecule has 0 aromatic carbocycles. The van der Waals surface area contributed by atoms with Gasteiger partial charge in [-0.1, -0.05) is 11.8 Å². The summed E-state index contributed by atoms with van der Waals surface area (Å²) in [5.41, 5.74) is 0. The van der Waals surface area contributed by atoms with E-state index in [0.29, 0.717) is 12.3 Å². The molecule has 1 heterocycles. The summed E-state index contributed by atoms with van der Waals surface area (Å²) in [5.74, 6) is -0.855. The van der Waals surface area contributed by atoms with Crippen molar-refractivity contribution in [3.63, 3.8) is 0 Å². The predicted octanol–water partition coefficient (Wildman–Crippen LogP) is -0.256. The Bertz CT molecular complexity index is 294. The van der Waals surface area contributed by atoms with Crippen LogP contribution in [0.5, 0.6) is 0 Å². The lowest BCUT2D eigenvalue weighted by Gasteiger charge is -2.15. The number of carbonyl (C=O) groups is 3. The molecule has 2 amide bonds. The molecule has 1 atom stereocenters. The fourth-order valence-electron chi connectivity index (χ4n) is 1.09. The van der Waals surface area contributed by atoms with Gasteiger partial charge in [0.1, 0.15) is 12.6 Å². The van der Waals surface area contributed by atoms with Crippen molar-refractivity contribution < 1.29 is 19.5 Å². The first-order chi connectivity index (χ1) is 7.00. The van der Waals surface area contributed by atoms with Gasteiger partial charge in [-0.05, 0) is 6.92 Å². The van der Waals surface area contributed by atoms with E-state index in [1.807, 2.05) is 0 Å². The zero-order chi connectivity index (χ0) is 11.4. The van der Waals surface area contributed by atoms with Crippen molar-refractivity contribution in [3.05, 3.63) is 0 Å². The van der Waals surface area contributed by atoms with Crippen molar-refractivity contribution in [2.75, 3.05) is 18.8 Å². The summed E-state index contributed by atoms with van der Waals surface area (Å²) >= 11 is 1.16. The molecule has 0 aromatic rings. The van der Waals surface area contributed by atoms with Crippen LogP contribution >= 0.6 is 11.8 Å². The molecule has 0 saturated carbocycles. The van der Waals surface area contributed by atoms with Crippen LogP contribution in [0.2, 0.25) is 0 Å². The van der Waals surface area contributed by atoms with E-state index in [9.17, 15) is 14.4 Å². The number of thioether (sulfide) groups is 1. The van der Waals surface area contributed by atoms with Crippen molar-refractivity contribution in [2.45, 2.75) is 13.0 Å². The van der Waals surface area contributed by atoms with Gasteiger partial charge in [0.05, 0.1) is 0 Å². The predicted molar refractivity (Wildman–Crippen MR) is 54.7 cm³/mol. The van der Waals surface area contributed by atoms with E-state index in [4.69, 9.17) is 5.11 Å². The van der Waals surface area contributed by atoms with Crippen molar-refractivity contribution in [3.8, 4) is 0 Å². The minimum atomic E-state index is -1.09. The van der Waals surface area contributed by atoms with Crippen LogP contribution < -0.4 is 5.32 Å². The Balaban J connectivity index is 2.35. The highest BCUT2D eigenvalue weighted by Gasteiger charge is 2.24. The molecule has 6 nitrogen and oxygen atoms in total. The number of carbonyl (C=O) groups excluding carboxylic acids is 2. The minimum absolute atomic E-state index is 0.0660. The Morgan fingerprint density at radius 1 is 1.67 bits per heavy atom. The van der Waals surface area contributed by atoms with Gasteiger partial charge < -0.3 is 15.3 Å². The van der Waals surface area contributed by atoms with E-state index in [0.717, 1.165) is 11.8 Å². The second-order valence-corrected chi connectivity index (χ2v) is 4.21. The molecule has 0 radical (unpaired) electrons. The van der Waals surface area contributed by atoms with E-state index in [2.05, 4.69) is 5.32 Å². The Hall–Kier alpha value is -1.24. The normalized spacial score (nSPS) is 17.7. The second kappa shape index (κ2) is 5.01. The number of carboxylic acids is 1. The Morgan fingerprint density at radius 2 is 2.33 bits per heavy atom. The van der Waals surface area contributed by atoms with Crippen LogP contribution in [0.15, 0.2) is 0 Å². The molecule has 1 saturated heterocycles. The lowest BCUT2D eigenvalue weighted by atomic mass is 10.3. The van der Waals surface area contributed by atoms with E-state index in [-0.39, 0.29) is 11.8 Å². The number of carboxylic acid groups (broad SMARTS) is 1. The Kier molecular flexibility index (Phi) is 3.96. The van der Waals surface area contributed by atoms with Crippen LogP contribution in [0.1, 0.15) is 6.92 Å². The quantitative estimate of drug-likeness (QED) is 0.697. The molecule has 2 N–H and O–H groups in total. The van der Waals surface area contributed by atoms with Crippen molar-refractivity contribution in [2.24, 2.45) is 0 Å². The molecule has 0 bridgehead atoms. The lowest BCUT2D eigenvalue weighted by Crippen LogP contribution is -2.44. The molecule has 1 aliphatic rings. The van der Waals surface area contributed by atoms with Gasteiger partial charge in [-0.3, -0.25) is 14.4 Å². The molecule has 0 aromatic heterocycles. The molecule has 0 aliphatic carbocycles. The smallest absolute Gasteiger partial charge is 0.325 e. The first-order valence-electron chi connectivity index (χ1n) is 4.44. The summed E-state index contributed by atoms with van der Waals surface area (Å²) in [4.78, 5) is 34.2. The molecule has 1 unspecified atom stereocenters. The molecule has 15 heavy (non-hydrogen) atoms. The van der Waals surface area contributed by atoms with Gasteiger partial charge in [0.2, 0.25) is 5.91 Å². The van der Waals surface area contributed by atoms with Gasteiger partial charge in [-0.2, -0.15) is 0 Å². The molecule has 1 aliphatic heterocycles. The summed E-state index contributed by atoms with van der Waals surface area (Å²) in [6.07, 6.45) is 0. The summed E-state index contributed by atoms with van der Waals surface area (Å²) in [6.45, 7) is 1.85. The highest BCUT2D eigenvalue weighted by atomic mass is 32.2. The van der Waals surface area contributed by atoms with Crippen LogP contribution in [0.25, 0.3) is 0 Å². The molecular weight excluding hydrogens is 220 g/mol. The summed E-state index contributed by atoms with van der Waals surface area (Å²) in [7, 11) is 0. The Morgan fingerprint density at radius 3 is 2.80 bits per heavy atom. The molecule has 0 spiro atoms. The van der Waals surface area contributed by atoms with E-state index in [1.165, 1.54) is 11.8 Å². The van der Waals surface area contributed by atoms with Crippen molar-refractivity contribution >= 4 is 28.9 Å². The number of nitrogens with one attached hydrogen (secondary N) is 1. The maximum absolute atomic E-state index is 11.3. The van der Waals surface area contributed by atoms with Crippen LogP contribution in [-0.2, 0) is 9.59 Å². The standard InChI is InChI=1S/C8H12N2O4S/c1-5(7(12)13)9-6(11)4-10-2-3-15-8(10)14/h5H,2-4H2,1H3,(H,9,11)(H,12,13). The average Bonchev–Trinajstić information content (AvgIpc) is 2.51. The molecule has 7 heteroatoms. The van der Waals surface area contributed by atoms with Gasteiger partial charge >= 0.3 is 5.97 Å². The number of hydrogen-bond donors (Lipinski definition) is 2. The first-order valence-corrected chi connectivity index (χ1v) is 5.43. The highest BCUT2D eigenvalue weighted by Crippen LogP contribution is 2.16. The fraction of sp³-hybridized carbons (Fsp3) is 0.625. The summed E-state index contributed by atoms with van der Waals surface area (Å²) < 4.78 is 0. The van der Waals surface area contributed by atoms with Crippen LogP contribution in [0, 0.1) is 0 Å². The third-order valence-corrected chi connectivity index (χ3v) is 2.82. The monoisotopic (exact) mass is 232 g/mol. The zero-order valence-electron chi connectivity index (χ0n) is 8.23. The molecular formula is C8H12N2O4S. The first kappa shape index (κ1) is 11.8. The highest BCUT2D eigenvalue weighted by molar-refractivity contribution is 8.13. The third kappa shape index (κ3) is 3.43. The van der Waals surface area contributed by atoms with E-state index >= 15 is 0 Å². The van der Waals surface area contributed by atoms with Crippen LogP contribution in [0.4, 0.5) is 4.79 Å². The maximum atomic E-state index is 11.3. The topological polar surface area (TPSA) is 86.7 Å². The molecule has 1 fully saturated rings. The third-order valence-electron chi connectivity index (χ3n) is 1.93. The van der Waals surface area contributed by atoms with Crippen LogP contribution in [0.3, 0.4) is 0 Å². The van der Waals surface area contributed by atoms with Gasteiger partial charge in [0.25, 0.3) is 5.24 Å². The molecule has 84 valence electrons. The largest absolute Gasteiger partial charge is 0.480 e.